The minimum atomic E-state index is 0.276. The van der Waals surface area contributed by atoms with Crippen molar-refractivity contribution in [1.29, 1.82) is 0 Å². The lowest BCUT2D eigenvalue weighted by atomic mass is 10.1. The van der Waals surface area contributed by atoms with Crippen molar-refractivity contribution in [3.8, 4) is 0 Å². The Morgan fingerprint density at radius 3 is 2.56 bits per heavy atom. The molecule has 0 aromatic heterocycles. The molecule has 0 saturated heterocycles. The Morgan fingerprint density at radius 1 is 1.67 bits per heavy atom. The van der Waals surface area contributed by atoms with E-state index in [0.717, 1.165) is 6.54 Å². The van der Waals surface area contributed by atoms with Gasteiger partial charge >= 0.3 is 0 Å². The molecule has 0 amide bonds. The predicted octanol–water partition coefficient (Wildman–Crippen LogP) is 0.821. The molecule has 0 aromatic carbocycles. The third-order valence-corrected chi connectivity index (χ3v) is 1.19. The fraction of sp³-hybridized carbons (Fsp3) is 0.857. The van der Waals surface area contributed by atoms with Gasteiger partial charge in [0.25, 0.3) is 0 Å². The Kier molecular flexibility index (Phi) is 4.32. The molecule has 0 radical (unpaired) electrons. The first-order valence-electron chi connectivity index (χ1n) is 3.31. The van der Waals surface area contributed by atoms with Gasteiger partial charge in [0.15, 0.2) is 0 Å². The van der Waals surface area contributed by atoms with Gasteiger partial charge in [0.2, 0.25) is 0 Å². The Balaban J connectivity index is 3.26. The van der Waals surface area contributed by atoms with Crippen LogP contribution in [-0.2, 0) is 4.79 Å². The van der Waals surface area contributed by atoms with Crippen LogP contribution in [0.15, 0.2) is 0 Å². The number of hydrogen-bond acceptors (Lipinski definition) is 2. The van der Waals surface area contributed by atoms with Crippen molar-refractivity contribution in [2.24, 2.45) is 5.92 Å². The summed E-state index contributed by atoms with van der Waals surface area (Å²) in [7, 11) is 1.90. The summed E-state index contributed by atoms with van der Waals surface area (Å²) in [6.07, 6.45) is 0.695. The number of Topliss-reactive ketones (excluding diaryl/α,β-unsaturated/α-hetero) is 1. The van der Waals surface area contributed by atoms with Crippen molar-refractivity contribution in [2.45, 2.75) is 20.3 Å². The maximum absolute atomic E-state index is 10.5. The number of ketones is 1. The Morgan fingerprint density at radius 2 is 2.22 bits per heavy atom. The quantitative estimate of drug-likeness (QED) is 0.609. The molecule has 0 fully saturated rings. The molecule has 1 N–H and O–H groups in total. The van der Waals surface area contributed by atoms with Gasteiger partial charge < -0.3 is 10.1 Å². The topological polar surface area (TPSA) is 29.1 Å². The van der Waals surface area contributed by atoms with Crippen molar-refractivity contribution in [1.82, 2.24) is 5.32 Å². The Hall–Kier alpha value is -0.370. The highest BCUT2D eigenvalue weighted by molar-refractivity contribution is 5.75. The zero-order chi connectivity index (χ0) is 7.28. The highest BCUT2D eigenvalue weighted by Gasteiger charge is 2.02. The maximum Gasteiger partial charge on any atom is 0.130 e. The molecule has 2 nitrogen and oxygen atoms in total. The second-order valence-electron chi connectivity index (χ2n) is 2.57. The van der Waals surface area contributed by atoms with Crippen LogP contribution in [0.1, 0.15) is 20.3 Å². The Bertz CT molecular complexity index is 90.9. The first kappa shape index (κ1) is 8.63. The van der Waals surface area contributed by atoms with Crippen LogP contribution in [0.25, 0.3) is 0 Å². The third-order valence-electron chi connectivity index (χ3n) is 1.19. The molecule has 1 atom stereocenters. The standard InChI is InChI=1S/C7H15NO/c1-6(5-8-3)4-7(2)9/h6,8H,4-5H2,1-3H3. The van der Waals surface area contributed by atoms with Crippen molar-refractivity contribution in [3.63, 3.8) is 0 Å². The largest absolute Gasteiger partial charge is 0.319 e. The van der Waals surface area contributed by atoms with Gasteiger partial charge in [-0.15, -0.1) is 0 Å². The van der Waals surface area contributed by atoms with E-state index in [4.69, 9.17) is 0 Å². The monoisotopic (exact) mass is 129 g/mol. The van der Waals surface area contributed by atoms with Crippen LogP contribution in [0.5, 0.6) is 0 Å². The van der Waals surface area contributed by atoms with E-state index in [1.165, 1.54) is 0 Å². The second-order valence-corrected chi connectivity index (χ2v) is 2.57. The number of hydrogen-bond donors (Lipinski definition) is 1. The molecule has 0 bridgehead atoms. The van der Waals surface area contributed by atoms with E-state index >= 15 is 0 Å². The summed E-state index contributed by atoms with van der Waals surface area (Å²) < 4.78 is 0. The average molecular weight is 129 g/mol. The van der Waals surface area contributed by atoms with Crippen LogP contribution < -0.4 is 5.32 Å². The van der Waals surface area contributed by atoms with E-state index in [2.05, 4.69) is 12.2 Å². The lowest BCUT2D eigenvalue weighted by molar-refractivity contribution is -0.117. The fourth-order valence-electron chi connectivity index (χ4n) is 0.911. The van der Waals surface area contributed by atoms with Crippen LogP contribution in [0, 0.1) is 5.92 Å². The van der Waals surface area contributed by atoms with Crippen molar-refractivity contribution in [3.05, 3.63) is 0 Å². The molecule has 1 unspecified atom stereocenters. The van der Waals surface area contributed by atoms with Crippen molar-refractivity contribution < 1.29 is 4.79 Å². The second kappa shape index (κ2) is 4.50. The minimum Gasteiger partial charge on any atom is -0.319 e. The molecule has 0 aliphatic carbocycles. The molecule has 0 aliphatic rings. The van der Waals surface area contributed by atoms with Crippen molar-refractivity contribution in [2.75, 3.05) is 13.6 Å². The van der Waals surface area contributed by atoms with E-state index in [0.29, 0.717) is 12.3 Å². The van der Waals surface area contributed by atoms with E-state index in [1.54, 1.807) is 6.92 Å². The molecule has 0 aliphatic heterocycles. The molecule has 9 heavy (non-hydrogen) atoms. The predicted molar refractivity (Wildman–Crippen MR) is 38.4 cm³/mol. The number of carbonyl (C=O) groups is 1. The lowest BCUT2D eigenvalue weighted by Gasteiger charge is -2.06. The van der Waals surface area contributed by atoms with Gasteiger partial charge in [-0.25, -0.2) is 0 Å². The minimum absolute atomic E-state index is 0.276. The van der Waals surface area contributed by atoms with E-state index < -0.39 is 0 Å². The van der Waals surface area contributed by atoms with Crippen LogP contribution in [0.4, 0.5) is 0 Å². The first-order chi connectivity index (χ1) is 4.16. The third kappa shape index (κ3) is 5.50. The zero-order valence-electron chi connectivity index (χ0n) is 6.40. The summed E-state index contributed by atoms with van der Waals surface area (Å²) in [5.41, 5.74) is 0. The maximum atomic E-state index is 10.5. The van der Waals surface area contributed by atoms with Gasteiger partial charge in [0.05, 0.1) is 0 Å². The summed E-state index contributed by atoms with van der Waals surface area (Å²) in [6, 6.07) is 0. The van der Waals surface area contributed by atoms with Gasteiger partial charge in [0.1, 0.15) is 5.78 Å². The normalized spacial score (nSPS) is 13.2. The summed E-state index contributed by atoms with van der Waals surface area (Å²) in [4.78, 5) is 10.5. The smallest absolute Gasteiger partial charge is 0.130 e. The van der Waals surface area contributed by atoms with Gasteiger partial charge in [-0.2, -0.15) is 0 Å². The molecule has 0 heterocycles. The molecule has 0 saturated carbocycles. The molecule has 0 spiro atoms. The highest BCUT2D eigenvalue weighted by atomic mass is 16.1. The number of nitrogens with one attached hydrogen (secondary N) is 1. The van der Waals surface area contributed by atoms with Crippen LogP contribution in [0.2, 0.25) is 0 Å². The van der Waals surface area contributed by atoms with Crippen LogP contribution in [0.3, 0.4) is 0 Å². The van der Waals surface area contributed by atoms with E-state index in [-0.39, 0.29) is 5.78 Å². The van der Waals surface area contributed by atoms with Gasteiger partial charge in [0, 0.05) is 6.42 Å². The summed E-state index contributed by atoms with van der Waals surface area (Å²) >= 11 is 0. The molecule has 0 rings (SSSR count). The first-order valence-corrected chi connectivity index (χ1v) is 3.31. The number of rotatable bonds is 4. The highest BCUT2D eigenvalue weighted by Crippen LogP contribution is 1.98. The molecule has 54 valence electrons. The van der Waals surface area contributed by atoms with Crippen LogP contribution in [-0.4, -0.2) is 19.4 Å². The van der Waals surface area contributed by atoms with Crippen LogP contribution >= 0.6 is 0 Å². The average Bonchev–Trinajstić information content (AvgIpc) is 1.63. The van der Waals surface area contributed by atoms with Gasteiger partial charge in [-0.3, -0.25) is 0 Å². The van der Waals surface area contributed by atoms with E-state index in [1.807, 2.05) is 7.05 Å². The van der Waals surface area contributed by atoms with E-state index in [9.17, 15) is 4.79 Å². The molecule has 0 aromatic rings. The summed E-state index contributed by atoms with van der Waals surface area (Å²) in [6.45, 7) is 4.63. The molecular formula is C7H15NO. The molecule has 2 heteroatoms. The fourth-order valence-corrected chi connectivity index (χ4v) is 0.911. The van der Waals surface area contributed by atoms with Crippen molar-refractivity contribution >= 4 is 5.78 Å². The van der Waals surface area contributed by atoms with Gasteiger partial charge in [-0.05, 0) is 26.4 Å². The summed E-state index contributed by atoms with van der Waals surface area (Å²) in [5.74, 6) is 0.755. The number of carbonyl (C=O) groups excluding carboxylic acids is 1. The van der Waals surface area contributed by atoms with Gasteiger partial charge in [-0.1, -0.05) is 6.92 Å². The Labute approximate surface area is 56.6 Å². The zero-order valence-corrected chi connectivity index (χ0v) is 6.40. The summed E-state index contributed by atoms with van der Waals surface area (Å²) in [5, 5.41) is 3.02. The lowest BCUT2D eigenvalue weighted by Crippen LogP contribution is -2.17. The molecular weight excluding hydrogens is 114 g/mol. The SMILES string of the molecule is CNCC(C)CC(C)=O.